The fourth-order valence-electron chi connectivity index (χ4n) is 1.32. The van der Waals surface area contributed by atoms with Crippen molar-refractivity contribution in [2.24, 2.45) is 0 Å². The molecule has 2 aromatic heterocycles. The molecule has 0 bridgehead atoms. The van der Waals surface area contributed by atoms with E-state index in [0.717, 1.165) is 24.4 Å². The van der Waals surface area contributed by atoms with Crippen molar-refractivity contribution >= 4 is 0 Å². The number of hydrogen-bond acceptors (Lipinski definition) is 2. The average molecular weight is 220 g/mol. The first-order valence-corrected chi connectivity index (χ1v) is 5.79. The van der Waals surface area contributed by atoms with Crippen molar-refractivity contribution in [1.82, 2.24) is 0 Å². The van der Waals surface area contributed by atoms with E-state index in [-0.39, 0.29) is 0 Å². The van der Waals surface area contributed by atoms with E-state index in [1.54, 1.807) is 12.5 Å². The summed E-state index contributed by atoms with van der Waals surface area (Å²) >= 11 is 0. The van der Waals surface area contributed by atoms with Gasteiger partial charge in [-0.2, -0.15) is 0 Å². The predicted octanol–water partition coefficient (Wildman–Crippen LogP) is 4.64. The van der Waals surface area contributed by atoms with Crippen molar-refractivity contribution in [3.63, 3.8) is 0 Å². The first-order valence-electron chi connectivity index (χ1n) is 5.79. The van der Waals surface area contributed by atoms with Gasteiger partial charge < -0.3 is 8.83 Å². The molecule has 0 radical (unpaired) electrons. The summed E-state index contributed by atoms with van der Waals surface area (Å²) in [4.78, 5) is 0. The summed E-state index contributed by atoms with van der Waals surface area (Å²) in [5.74, 6) is 2.67. The molecule has 0 saturated heterocycles. The molecular formula is C14H20O2. The van der Waals surface area contributed by atoms with E-state index in [0.29, 0.717) is 5.92 Å². The maximum absolute atomic E-state index is 5.09. The van der Waals surface area contributed by atoms with E-state index < -0.39 is 0 Å². The monoisotopic (exact) mass is 220 g/mol. The van der Waals surface area contributed by atoms with Gasteiger partial charge >= 0.3 is 0 Å². The second-order valence-electron chi connectivity index (χ2n) is 4.00. The molecule has 0 fully saturated rings. The van der Waals surface area contributed by atoms with Gasteiger partial charge in [0.05, 0.1) is 12.5 Å². The van der Waals surface area contributed by atoms with E-state index in [4.69, 9.17) is 8.83 Å². The number of furan rings is 2. The molecule has 0 aliphatic carbocycles. The lowest BCUT2D eigenvalue weighted by atomic mass is 10.2. The van der Waals surface area contributed by atoms with Crippen LogP contribution in [-0.2, 0) is 6.42 Å². The van der Waals surface area contributed by atoms with Gasteiger partial charge in [-0.15, -0.1) is 0 Å². The smallest absolute Gasteiger partial charge is 0.106 e. The fraction of sp³-hybridized carbons (Fsp3) is 0.429. The van der Waals surface area contributed by atoms with Crippen LogP contribution in [-0.4, -0.2) is 0 Å². The highest BCUT2D eigenvalue weighted by molar-refractivity contribution is 5.02. The molecule has 0 amide bonds. The zero-order valence-electron chi connectivity index (χ0n) is 10.3. The van der Waals surface area contributed by atoms with Gasteiger partial charge in [0, 0.05) is 12.3 Å². The number of rotatable bonds is 3. The summed E-state index contributed by atoms with van der Waals surface area (Å²) in [6, 6.07) is 7.83. The Balaban J connectivity index is 0.000000160. The second kappa shape index (κ2) is 6.94. The minimum absolute atomic E-state index is 0.519. The van der Waals surface area contributed by atoms with Crippen LogP contribution in [0.2, 0.25) is 0 Å². The largest absolute Gasteiger partial charge is 0.469 e. The zero-order chi connectivity index (χ0) is 11.8. The van der Waals surface area contributed by atoms with Crippen LogP contribution in [0.5, 0.6) is 0 Å². The van der Waals surface area contributed by atoms with Gasteiger partial charge in [-0.05, 0) is 30.7 Å². The quantitative estimate of drug-likeness (QED) is 0.753. The molecule has 2 rings (SSSR count). The Hall–Kier alpha value is -1.44. The summed E-state index contributed by atoms with van der Waals surface area (Å²) in [5, 5.41) is 0. The van der Waals surface area contributed by atoms with Crippen molar-refractivity contribution < 1.29 is 8.83 Å². The molecule has 0 aromatic carbocycles. The molecule has 0 N–H and O–H groups in total. The SMILES string of the molecule is CC(C)c1ccco1.CCCc1ccco1. The lowest BCUT2D eigenvalue weighted by molar-refractivity contribution is 0.487. The zero-order valence-corrected chi connectivity index (χ0v) is 10.3. The Bertz CT molecular complexity index is 344. The minimum Gasteiger partial charge on any atom is -0.469 e. The van der Waals surface area contributed by atoms with Gasteiger partial charge in [-0.3, -0.25) is 0 Å². The molecule has 0 aliphatic heterocycles. The van der Waals surface area contributed by atoms with Gasteiger partial charge in [0.1, 0.15) is 11.5 Å². The summed E-state index contributed by atoms with van der Waals surface area (Å²) in [7, 11) is 0. The standard InChI is InChI=1S/2C7H10O/c1-6(2)7-4-3-5-8-7;1-2-4-7-5-3-6-8-7/h3-6H,1-2H3;3,5-6H,2,4H2,1H3. The van der Waals surface area contributed by atoms with Crippen LogP contribution in [0, 0.1) is 0 Å². The summed E-state index contributed by atoms with van der Waals surface area (Å²) in [6.07, 6.45) is 5.64. The maximum atomic E-state index is 5.09. The average Bonchev–Trinajstić information content (AvgIpc) is 2.91. The van der Waals surface area contributed by atoms with Gasteiger partial charge in [0.15, 0.2) is 0 Å². The van der Waals surface area contributed by atoms with Crippen LogP contribution >= 0.6 is 0 Å². The van der Waals surface area contributed by atoms with Crippen molar-refractivity contribution in [3.05, 3.63) is 48.3 Å². The van der Waals surface area contributed by atoms with Crippen LogP contribution in [0.15, 0.2) is 45.6 Å². The van der Waals surface area contributed by atoms with Crippen LogP contribution in [0.25, 0.3) is 0 Å². The molecule has 0 saturated carbocycles. The van der Waals surface area contributed by atoms with Crippen LogP contribution in [0.3, 0.4) is 0 Å². The molecule has 88 valence electrons. The Labute approximate surface area is 97.3 Å². The Morgan fingerprint density at radius 3 is 2.12 bits per heavy atom. The Kier molecular flexibility index (Phi) is 5.48. The molecular weight excluding hydrogens is 200 g/mol. The fourth-order valence-corrected chi connectivity index (χ4v) is 1.32. The van der Waals surface area contributed by atoms with Gasteiger partial charge in [0.25, 0.3) is 0 Å². The lowest BCUT2D eigenvalue weighted by Crippen LogP contribution is -1.79. The molecule has 16 heavy (non-hydrogen) atoms. The van der Waals surface area contributed by atoms with E-state index in [9.17, 15) is 0 Å². The van der Waals surface area contributed by atoms with Crippen molar-refractivity contribution in [1.29, 1.82) is 0 Å². The van der Waals surface area contributed by atoms with E-state index in [1.807, 2.05) is 24.3 Å². The van der Waals surface area contributed by atoms with Gasteiger partial charge in [-0.1, -0.05) is 20.8 Å². The number of aryl methyl sites for hydroxylation is 1. The van der Waals surface area contributed by atoms with Gasteiger partial charge in [0.2, 0.25) is 0 Å². The Morgan fingerprint density at radius 1 is 1.06 bits per heavy atom. The van der Waals surface area contributed by atoms with Crippen LogP contribution < -0.4 is 0 Å². The van der Waals surface area contributed by atoms with E-state index in [1.165, 1.54) is 0 Å². The van der Waals surface area contributed by atoms with Crippen LogP contribution in [0.1, 0.15) is 44.6 Å². The molecule has 2 nitrogen and oxygen atoms in total. The number of hydrogen-bond donors (Lipinski definition) is 0. The molecule has 2 heteroatoms. The normalized spacial score (nSPS) is 10.0. The van der Waals surface area contributed by atoms with Crippen molar-refractivity contribution in [2.75, 3.05) is 0 Å². The highest BCUT2D eigenvalue weighted by Crippen LogP contribution is 2.12. The van der Waals surface area contributed by atoms with Gasteiger partial charge in [-0.25, -0.2) is 0 Å². The lowest BCUT2D eigenvalue weighted by Gasteiger charge is -1.94. The first-order chi connectivity index (χ1) is 7.74. The molecule has 0 spiro atoms. The topological polar surface area (TPSA) is 26.3 Å². The van der Waals surface area contributed by atoms with E-state index in [2.05, 4.69) is 20.8 Å². The minimum atomic E-state index is 0.519. The maximum Gasteiger partial charge on any atom is 0.106 e. The molecule has 0 unspecified atom stereocenters. The third-order valence-corrected chi connectivity index (χ3v) is 2.19. The molecule has 0 aliphatic rings. The first kappa shape index (κ1) is 12.6. The molecule has 2 aromatic rings. The summed E-state index contributed by atoms with van der Waals surface area (Å²) < 4.78 is 10.2. The van der Waals surface area contributed by atoms with E-state index >= 15 is 0 Å². The summed E-state index contributed by atoms with van der Waals surface area (Å²) in [6.45, 7) is 6.36. The second-order valence-corrected chi connectivity index (χ2v) is 4.00. The summed E-state index contributed by atoms with van der Waals surface area (Å²) in [5.41, 5.74) is 0. The molecule has 2 heterocycles. The predicted molar refractivity (Wildman–Crippen MR) is 65.5 cm³/mol. The molecule has 0 atom stereocenters. The highest BCUT2D eigenvalue weighted by atomic mass is 16.3. The third-order valence-electron chi connectivity index (χ3n) is 2.19. The Morgan fingerprint density at radius 2 is 1.75 bits per heavy atom. The van der Waals surface area contributed by atoms with Crippen LogP contribution in [0.4, 0.5) is 0 Å². The van der Waals surface area contributed by atoms with Crippen molar-refractivity contribution in [3.8, 4) is 0 Å². The highest BCUT2D eigenvalue weighted by Gasteiger charge is 1.97. The third kappa shape index (κ3) is 4.39. The van der Waals surface area contributed by atoms with Crippen molar-refractivity contribution in [2.45, 2.75) is 39.5 Å².